The van der Waals surface area contributed by atoms with E-state index in [4.69, 9.17) is 23.4 Å². The summed E-state index contributed by atoms with van der Waals surface area (Å²) >= 11 is 5.80. The summed E-state index contributed by atoms with van der Waals surface area (Å²) in [7, 11) is 0. The molecule has 2 aromatic rings. The number of ketones is 1. The summed E-state index contributed by atoms with van der Waals surface area (Å²) in [5, 5.41) is 12.8. The van der Waals surface area contributed by atoms with E-state index < -0.39 is 28.7 Å². The number of hydrogen-bond donors (Lipinski definition) is 0. The first-order chi connectivity index (χ1) is 12.0. The van der Waals surface area contributed by atoms with Gasteiger partial charge in [0.25, 0.3) is 0 Å². The molecule has 0 aliphatic carbocycles. The smallest absolute Gasteiger partial charge is 0.297 e. The fourth-order valence-electron chi connectivity index (χ4n) is 2.26. The molecule has 1 aromatic carbocycles. The van der Waals surface area contributed by atoms with E-state index in [1.54, 1.807) is 0 Å². The first-order valence-electron chi connectivity index (χ1n) is 7.27. The number of aromatic nitrogens is 2. The lowest BCUT2D eigenvalue weighted by molar-refractivity contribution is -0.137. The zero-order chi connectivity index (χ0) is 19.7. The molecule has 9 heteroatoms. The molecule has 0 aliphatic heterocycles. The molecule has 0 spiro atoms. The van der Waals surface area contributed by atoms with E-state index in [0.29, 0.717) is 0 Å². The summed E-state index contributed by atoms with van der Waals surface area (Å²) in [6.07, 6.45) is -3.68. The van der Waals surface area contributed by atoms with E-state index in [-0.39, 0.29) is 22.7 Å². The van der Waals surface area contributed by atoms with Gasteiger partial charge in [-0.05, 0) is 19.4 Å². The van der Waals surface area contributed by atoms with Crippen LogP contribution >= 0.6 is 11.6 Å². The molecule has 0 unspecified atom stereocenters. The van der Waals surface area contributed by atoms with E-state index >= 15 is 0 Å². The number of alkyl halides is 3. The van der Waals surface area contributed by atoms with Crippen molar-refractivity contribution in [2.24, 2.45) is 0 Å². The molecule has 0 bridgehead atoms. The van der Waals surface area contributed by atoms with Gasteiger partial charge in [-0.25, -0.2) is 4.85 Å². The largest absolute Gasteiger partial charge is 0.407 e. The van der Waals surface area contributed by atoms with E-state index in [1.165, 1.54) is 30.8 Å². The number of nitriles is 1. The molecule has 2 rings (SSSR count). The molecule has 0 aliphatic rings. The van der Waals surface area contributed by atoms with Crippen LogP contribution in [0.1, 0.15) is 30.5 Å². The first kappa shape index (κ1) is 19.5. The predicted octanol–water partition coefficient (Wildman–Crippen LogP) is 4.52. The Labute approximate surface area is 152 Å². The summed E-state index contributed by atoms with van der Waals surface area (Å²) in [4.78, 5) is 15.5. The average molecular weight is 381 g/mol. The lowest BCUT2D eigenvalue weighted by atomic mass is 9.93. The van der Waals surface area contributed by atoms with Crippen molar-refractivity contribution in [3.8, 4) is 6.07 Å². The maximum absolute atomic E-state index is 13.1. The zero-order valence-electron chi connectivity index (χ0n) is 13.7. The van der Waals surface area contributed by atoms with Crippen molar-refractivity contribution in [3.05, 3.63) is 57.7 Å². The predicted molar refractivity (Wildman–Crippen MR) is 87.7 cm³/mol. The molecular weight excluding hydrogens is 369 g/mol. The highest BCUT2D eigenvalue weighted by molar-refractivity contribution is 6.30. The van der Waals surface area contributed by atoms with Crippen LogP contribution in [0.5, 0.6) is 0 Å². The van der Waals surface area contributed by atoms with Crippen LogP contribution in [0, 0.1) is 17.9 Å². The van der Waals surface area contributed by atoms with Gasteiger partial charge >= 0.3 is 6.18 Å². The number of benzene rings is 1. The number of Topliss-reactive ketones (excluding diaryl/α,β-unsaturated/α-hetero) is 1. The van der Waals surface area contributed by atoms with Crippen LogP contribution in [-0.2, 0) is 22.9 Å². The van der Waals surface area contributed by atoms with Crippen molar-refractivity contribution in [2.75, 3.05) is 0 Å². The minimum Gasteiger partial charge on any atom is -0.297 e. The van der Waals surface area contributed by atoms with Gasteiger partial charge < -0.3 is 0 Å². The molecule has 0 saturated carbocycles. The number of carbonyl (C=O) groups is 1. The molecule has 1 heterocycles. The molecule has 134 valence electrons. The summed E-state index contributed by atoms with van der Waals surface area (Å²) in [5.74, 6) is -0.426. The Bertz CT molecular complexity index is 948. The molecule has 0 atom stereocenters. The van der Waals surface area contributed by atoms with Crippen molar-refractivity contribution in [3.63, 3.8) is 0 Å². The highest BCUT2D eigenvalue weighted by atomic mass is 35.5. The van der Waals surface area contributed by atoms with Crippen LogP contribution in [-0.4, -0.2) is 15.6 Å². The molecule has 5 nitrogen and oxygen atoms in total. The lowest BCUT2D eigenvalue weighted by Crippen LogP contribution is -2.37. The van der Waals surface area contributed by atoms with Crippen LogP contribution in [0.25, 0.3) is 4.85 Å². The summed E-state index contributed by atoms with van der Waals surface area (Å²) in [5.41, 5.74) is -2.61. The normalized spacial score (nSPS) is 11.7. The Balaban J connectivity index is 2.34. The molecule has 0 N–H and O–H groups in total. The van der Waals surface area contributed by atoms with Gasteiger partial charge in [0.15, 0.2) is 16.6 Å². The number of halogens is 4. The number of rotatable bonds is 4. The molecule has 0 radical (unpaired) electrons. The first-order valence-corrected chi connectivity index (χ1v) is 7.65. The highest BCUT2D eigenvalue weighted by Gasteiger charge is 2.35. The number of carbonyl (C=O) groups excluding carboxylic acids is 1. The quantitative estimate of drug-likeness (QED) is 0.732. The zero-order valence-corrected chi connectivity index (χ0v) is 14.5. The van der Waals surface area contributed by atoms with E-state index in [2.05, 4.69) is 9.94 Å². The Morgan fingerprint density at radius 2 is 2.08 bits per heavy atom. The Kier molecular flexibility index (Phi) is 5.11. The highest BCUT2D eigenvalue weighted by Crippen LogP contribution is 2.37. The topological polar surface area (TPSA) is 63.0 Å². The van der Waals surface area contributed by atoms with E-state index in [1.807, 2.05) is 6.07 Å². The summed E-state index contributed by atoms with van der Waals surface area (Å²) in [6.45, 7) is 9.89. The molecule has 0 saturated heterocycles. The Morgan fingerprint density at radius 1 is 1.42 bits per heavy atom. The lowest BCUT2D eigenvalue weighted by Gasteiger charge is -2.24. The van der Waals surface area contributed by atoms with Crippen LogP contribution in [0.2, 0.25) is 5.15 Å². The van der Waals surface area contributed by atoms with Gasteiger partial charge in [0.2, 0.25) is 0 Å². The second-order valence-corrected chi connectivity index (χ2v) is 6.37. The van der Waals surface area contributed by atoms with Gasteiger partial charge in [0.05, 0.1) is 12.1 Å². The SMILES string of the molecule is [C-]#[N+]c1ccc(CC(=O)C(C)(C)n2cc(C#N)c(Cl)n2)cc1C(F)(F)F. The van der Waals surface area contributed by atoms with Gasteiger partial charge in [-0.3, -0.25) is 9.48 Å². The fraction of sp³-hybridized carbons (Fsp3) is 0.294. The van der Waals surface area contributed by atoms with Gasteiger partial charge in [0.1, 0.15) is 17.2 Å². The second-order valence-electron chi connectivity index (χ2n) is 6.01. The maximum Gasteiger partial charge on any atom is 0.407 e. The average Bonchev–Trinajstić information content (AvgIpc) is 2.95. The molecular formula is C17H12ClF3N4O. The standard InChI is InChI=1S/C17H12ClF3N4O/c1-16(2,25-9-11(8-22)15(18)24-25)14(26)7-10-4-5-13(23-3)12(6-10)17(19,20)21/h4-6,9H,7H2,1-2H3. The Morgan fingerprint density at radius 3 is 2.58 bits per heavy atom. The number of nitrogens with zero attached hydrogens (tertiary/aromatic N) is 4. The summed E-state index contributed by atoms with van der Waals surface area (Å²) < 4.78 is 40.4. The fourth-order valence-corrected chi connectivity index (χ4v) is 2.43. The third kappa shape index (κ3) is 3.71. The third-order valence-corrected chi connectivity index (χ3v) is 4.18. The van der Waals surface area contributed by atoms with Gasteiger partial charge in [-0.15, -0.1) is 0 Å². The second kappa shape index (κ2) is 6.81. The number of hydrogen-bond acceptors (Lipinski definition) is 3. The van der Waals surface area contributed by atoms with Crippen molar-refractivity contribution in [1.82, 2.24) is 9.78 Å². The van der Waals surface area contributed by atoms with Gasteiger partial charge in [0, 0.05) is 12.6 Å². The summed E-state index contributed by atoms with van der Waals surface area (Å²) in [6, 6.07) is 5.00. The van der Waals surface area contributed by atoms with Crippen LogP contribution < -0.4 is 0 Å². The van der Waals surface area contributed by atoms with Crippen molar-refractivity contribution < 1.29 is 18.0 Å². The van der Waals surface area contributed by atoms with Crippen molar-refractivity contribution >= 4 is 23.1 Å². The Hall–Kier alpha value is -2.84. The van der Waals surface area contributed by atoms with Gasteiger partial charge in [-0.1, -0.05) is 29.8 Å². The van der Waals surface area contributed by atoms with Crippen molar-refractivity contribution in [2.45, 2.75) is 32.0 Å². The van der Waals surface area contributed by atoms with E-state index in [9.17, 15) is 18.0 Å². The monoisotopic (exact) mass is 380 g/mol. The van der Waals surface area contributed by atoms with Crippen LogP contribution in [0.15, 0.2) is 24.4 Å². The van der Waals surface area contributed by atoms with Crippen LogP contribution in [0.4, 0.5) is 18.9 Å². The minimum atomic E-state index is -4.69. The molecule has 1 aromatic heterocycles. The minimum absolute atomic E-state index is 0.0610. The molecule has 0 amide bonds. The maximum atomic E-state index is 13.1. The third-order valence-electron chi connectivity index (χ3n) is 3.90. The van der Waals surface area contributed by atoms with Crippen LogP contribution in [0.3, 0.4) is 0 Å². The van der Waals surface area contributed by atoms with Crippen molar-refractivity contribution in [1.29, 1.82) is 5.26 Å². The van der Waals surface area contributed by atoms with E-state index in [0.717, 1.165) is 12.1 Å². The van der Waals surface area contributed by atoms with Gasteiger partial charge in [-0.2, -0.15) is 23.5 Å². The molecule has 0 fully saturated rings. The molecule has 26 heavy (non-hydrogen) atoms.